The molecule has 0 radical (unpaired) electrons. The molecule has 15 heavy (non-hydrogen) atoms. The molecule has 2 heterocycles. The summed E-state index contributed by atoms with van der Waals surface area (Å²) in [6, 6.07) is 0. The van der Waals surface area contributed by atoms with E-state index in [0.717, 1.165) is 18.4 Å². The van der Waals surface area contributed by atoms with Gasteiger partial charge in [0, 0.05) is 21.3 Å². The molecule has 0 spiro atoms. The monoisotopic (exact) mass is 228 g/mol. The lowest BCUT2D eigenvalue weighted by atomic mass is 9.82. The van der Waals surface area contributed by atoms with Gasteiger partial charge >= 0.3 is 0 Å². The fraction of sp³-hybridized carbons (Fsp3) is 0.833. The molecule has 2 bridgehead atoms. The Labute approximate surface area is 94.2 Å². The minimum absolute atomic E-state index is 0.238. The van der Waals surface area contributed by atoms with Crippen molar-refractivity contribution >= 4 is 10.8 Å². The SMILES string of the molecule is C=C(C)CC1(O)CC2CCCC(C1)S2=O. The standard InChI is InChI=1S/C12H20O2S/c1-9(2)6-12(13)7-10-4-3-5-11(8-12)15(10)14/h10-11,13H,1,3-8H2,2H3. The molecule has 2 rings (SSSR count). The molecule has 3 heteroatoms. The fourth-order valence-electron chi connectivity index (χ4n) is 3.08. The molecular weight excluding hydrogens is 208 g/mol. The third-order valence-corrected chi connectivity index (χ3v) is 5.67. The minimum Gasteiger partial charge on any atom is -0.389 e. The maximum atomic E-state index is 12.0. The topological polar surface area (TPSA) is 37.3 Å². The zero-order chi connectivity index (χ0) is 11.1. The molecule has 2 saturated heterocycles. The van der Waals surface area contributed by atoms with Crippen LogP contribution in [0, 0.1) is 0 Å². The van der Waals surface area contributed by atoms with Crippen LogP contribution in [0.15, 0.2) is 12.2 Å². The molecule has 2 aliphatic rings. The van der Waals surface area contributed by atoms with Crippen molar-refractivity contribution in [3.8, 4) is 0 Å². The van der Waals surface area contributed by atoms with Crippen LogP contribution in [0.2, 0.25) is 0 Å². The van der Waals surface area contributed by atoms with E-state index in [1.807, 2.05) is 6.92 Å². The van der Waals surface area contributed by atoms with E-state index in [0.29, 0.717) is 19.3 Å². The first-order valence-electron chi connectivity index (χ1n) is 5.76. The Balaban J connectivity index is 2.12. The normalized spacial score (nSPS) is 45.1. The third-order valence-electron chi connectivity index (χ3n) is 3.56. The third kappa shape index (κ3) is 2.34. The molecule has 0 aromatic heterocycles. The Bertz CT molecular complexity index is 282. The van der Waals surface area contributed by atoms with E-state index in [1.165, 1.54) is 6.42 Å². The van der Waals surface area contributed by atoms with E-state index >= 15 is 0 Å². The first-order valence-corrected chi connectivity index (χ1v) is 7.04. The van der Waals surface area contributed by atoms with Crippen LogP contribution in [0.1, 0.15) is 45.4 Å². The summed E-state index contributed by atoms with van der Waals surface area (Å²) in [4.78, 5) is 0. The summed E-state index contributed by atoms with van der Waals surface area (Å²) in [6.07, 6.45) is 5.34. The predicted molar refractivity (Wildman–Crippen MR) is 63.2 cm³/mol. The van der Waals surface area contributed by atoms with Crippen LogP contribution in [0.4, 0.5) is 0 Å². The molecule has 0 aromatic rings. The second-order valence-electron chi connectivity index (χ2n) is 5.27. The first-order chi connectivity index (χ1) is 7.00. The van der Waals surface area contributed by atoms with Crippen molar-refractivity contribution < 1.29 is 9.32 Å². The molecule has 0 aliphatic carbocycles. The molecular formula is C12H20O2S. The van der Waals surface area contributed by atoms with Crippen molar-refractivity contribution in [3.05, 3.63) is 12.2 Å². The van der Waals surface area contributed by atoms with Gasteiger partial charge in [-0.3, -0.25) is 4.21 Å². The largest absolute Gasteiger partial charge is 0.389 e. The second-order valence-corrected chi connectivity index (χ2v) is 7.26. The van der Waals surface area contributed by atoms with Crippen LogP contribution < -0.4 is 0 Å². The number of aliphatic hydroxyl groups is 1. The Kier molecular flexibility index (Phi) is 3.04. The van der Waals surface area contributed by atoms with E-state index in [9.17, 15) is 9.32 Å². The van der Waals surface area contributed by atoms with Crippen molar-refractivity contribution in [2.24, 2.45) is 0 Å². The smallest absolute Gasteiger partial charge is 0.0707 e. The van der Waals surface area contributed by atoms with Crippen LogP contribution in [0.5, 0.6) is 0 Å². The summed E-state index contributed by atoms with van der Waals surface area (Å²) in [7, 11) is -0.687. The van der Waals surface area contributed by atoms with Gasteiger partial charge in [-0.25, -0.2) is 0 Å². The first kappa shape index (κ1) is 11.3. The second kappa shape index (κ2) is 4.02. The predicted octanol–water partition coefficient (Wildman–Crippen LogP) is 2.15. The van der Waals surface area contributed by atoms with Gasteiger partial charge in [0.05, 0.1) is 5.60 Å². The molecule has 0 amide bonds. The van der Waals surface area contributed by atoms with Gasteiger partial charge in [0.25, 0.3) is 0 Å². The zero-order valence-corrected chi connectivity index (χ0v) is 10.2. The summed E-state index contributed by atoms with van der Waals surface area (Å²) in [6.45, 7) is 5.83. The van der Waals surface area contributed by atoms with Crippen molar-refractivity contribution in [1.82, 2.24) is 0 Å². The Hall–Kier alpha value is -0.150. The summed E-state index contributed by atoms with van der Waals surface area (Å²) < 4.78 is 12.0. The molecule has 2 fully saturated rings. The number of rotatable bonds is 2. The maximum Gasteiger partial charge on any atom is 0.0707 e. The quantitative estimate of drug-likeness (QED) is 0.735. The summed E-state index contributed by atoms with van der Waals surface area (Å²) in [5, 5.41) is 10.9. The van der Waals surface area contributed by atoms with E-state index in [-0.39, 0.29) is 10.5 Å². The molecule has 2 nitrogen and oxygen atoms in total. The van der Waals surface area contributed by atoms with Gasteiger partial charge in [-0.2, -0.15) is 0 Å². The van der Waals surface area contributed by atoms with Gasteiger partial charge < -0.3 is 5.11 Å². The molecule has 2 unspecified atom stereocenters. The number of hydrogen-bond acceptors (Lipinski definition) is 2. The van der Waals surface area contributed by atoms with E-state index in [2.05, 4.69) is 6.58 Å². The lowest BCUT2D eigenvalue weighted by molar-refractivity contribution is 0.0116. The van der Waals surface area contributed by atoms with Crippen LogP contribution in [-0.4, -0.2) is 25.4 Å². The van der Waals surface area contributed by atoms with Gasteiger partial charge in [-0.05, 0) is 39.0 Å². The van der Waals surface area contributed by atoms with Crippen molar-refractivity contribution in [2.45, 2.75) is 61.5 Å². The number of hydrogen-bond donors (Lipinski definition) is 1. The van der Waals surface area contributed by atoms with Crippen LogP contribution >= 0.6 is 0 Å². The van der Waals surface area contributed by atoms with E-state index in [1.54, 1.807) is 0 Å². The van der Waals surface area contributed by atoms with Crippen molar-refractivity contribution in [3.63, 3.8) is 0 Å². The van der Waals surface area contributed by atoms with Crippen molar-refractivity contribution in [2.75, 3.05) is 0 Å². The van der Waals surface area contributed by atoms with Gasteiger partial charge in [0.15, 0.2) is 0 Å². The van der Waals surface area contributed by atoms with Gasteiger partial charge in [-0.1, -0.05) is 12.0 Å². The molecule has 2 atom stereocenters. The maximum absolute atomic E-state index is 12.0. The summed E-state index contributed by atoms with van der Waals surface area (Å²) >= 11 is 0. The van der Waals surface area contributed by atoms with Crippen LogP contribution in [0.25, 0.3) is 0 Å². The van der Waals surface area contributed by atoms with Gasteiger partial charge in [0.2, 0.25) is 0 Å². The van der Waals surface area contributed by atoms with Gasteiger partial charge in [-0.15, -0.1) is 6.58 Å². The average molecular weight is 228 g/mol. The van der Waals surface area contributed by atoms with Crippen LogP contribution in [0.3, 0.4) is 0 Å². The molecule has 1 N–H and O–H groups in total. The highest BCUT2D eigenvalue weighted by molar-refractivity contribution is 7.86. The van der Waals surface area contributed by atoms with E-state index in [4.69, 9.17) is 0 Å². The minimum atomic E-state index is -0.687. The molecule has 0 aromatic carbocycles. The lowest BCUT2D eigenvalue weighted by Gasteiger charge is -2.43. The highest BCUT2D eigenvalue weighted by atomic mass is 32.2. The summed E-state index contributed by atoms with van der Waals surface area (Å²) in [5.41, 5.74) is 0.415. The molecule has 86 valence electrons. The zero-order valence-electron chi connectivity index (χ0n) is 9.37. The molecule has 0 saturated carbocycles. The fourth-order valence-corrected chi connectivity index (χ4v) is 5.37. The highest BCUT2D eigenvalue weighted by Gasteiger charge is 2.45. The van der Waals surface area contributed by atoms with E-state index < -0.39 is 16.4 Å². The molecule has 2 aliphatic heterocycles. The average Bonchev–Trinajstić information content (AvgIpc) is 2.06. The van der Waals surface area contributed by atoms with Crippen LogP contribution in [-0.2, 0) is 10.8 Å². The Morgan fingerprint density at radius 3 is 2.47 bits per heavy atom. The summed E-state index contributed by atoms with van der Waals surface area (Å²) in [5.74, 6) is 0. The van der Waals surface area contributed by atoms with Crippen molar-refractivity contribution in [1.29, 1.82) is 0 Å². The lowest BCUT2D eigenvalue weighted by Crippen LogP contribution is -2.49. The van der Waals surface area contributed by atoms with Gasteiger partial charge in [0.1, 0.15) is 0 Å². The number of fused-ring (bicyclic) bond motifs is 2. The Morgan fingerprint density at radius 1 is 1.47 bits per heavy atom. The highest BCUT2D eigenvalue weighted by Crippen LogP contribution is 2.41. The Morgan fingerprint density at radius 2 is 2.00 bits per heavy atom.